The molecule has 0 atom stereocenters. The van der Waals surface area contributed by atoms with Gasteiger partial charge in [0.1, 0.15) is 5.82 Å². The zero-order chi connectivity index (χ0) is 16.2. The molecule has 1 aliphatic carbocycles. The average molecular weight is 309 g/mol. The second-order valence-electron chi connectivity index (χ2n) is 7.11. The topological polar surface area (TPSA) is 0 Å². The number of rotatable bonds is 4. The van der Waals surface area contributed by atoms with Gasteiger partial charge in [-0.1, -0.05) is 56.2 Å². The van der Waals surface area contributed by atoms with E-state index >= 15 is 0 Å². The summed E-state index contributed by atoms with van der Waals surface area (Å²) < 4.78 is 14.1. The van der Waals surface area contributed by atoms with Gasteiger partial charge in [-0.2, -0.15) is 0 Å². The van der Waals surface area contributed by atoms with Gasteiger partial charge in [-0.15, -0.1) is 0 Å². The molecule has 2 aromatic rings. The van der Waals surface area contributed by atoms with Gasteiger partial charge >= 0.3 is 0 Å². The van der Waals surface area contributed by atoms with E-state index in [0.717, 1.165) is 23.5 Å². The monoisotopic (exact) mass is 309 g/mol. The Labute approximate surface area is 139 Å². The molecule has 0 aromatic heterocycles. The van der Waals surface area contributed by atoms with Gasteiger partial charge in [0.25, 0.3) is 0 Å². The van der Waals surface area contributed by atoms with Crippen LogP contribution in [0.4, 0.5) is 4.39 Å². The first-order valence-electron chi connectivity index (χ1n) is 8.81. The molecule has 23 heavy (non-hydrogen) atoms. The zero-order valence-corrected chi connectivity index (χ0v) is 14.2. The fourth-order valence-electron chi connectivity index (χ4n) is 3.45. The van der Waals surface area contributed by atoms with Gasteiger partial charge < -0.3 is 0 Å². The first kappa shape index (κ1) is 16.2. The molecule has 0 unspecified atom stereocenters. The molecule has 3 rings (SSSR count). The van der Waals surface area contributed by atoms with Gasteiger partial charge in [-0.25, -0.2) is 4.39 Å². The van der Waals surface area contributed by atoms with Crippen LogP contribution >= 0.6 is 0 Å². The van der Waals surface area contributed by atoms with Crippen LogP contribution in [-0.4, -0.2) is 0 Å². The minimum Gasteiger partial charge on any atom is -0.206 e. The molecule has 0 N–H and O–H groups in total. The van der Waals surface area contributed by atoms with E-state index < -0.39 is 0 Å². The Kier molecular flexibility index (Phi) is 5.15. The number of hydrogen-bond acceptors (Lipinski definition) is 0. The van der Waals surface area contributed by atoms with Gasteiger partial charge in [0.05, 0.1) is 0 Å². The van der Waals surface area contributed by atoms with Crippen molar-refractivity contribution in [2.24, 2.45) is 5.92 Å². The molecule has 1 fully saturated rings. The summed E-state index contributed by atoms with van der Waals surface area (Å²) in [6.45, 7) is 4.28. The summed E-state index contributed by atoms with van der Waals surface area (Å²) in [7, 11) is 0. The Bertz CT molecular complexity index is 634. The molecule has 1 aliphatic rings. The molecular weight excluding hydrogens is 283 g/mol. The van der Waals surface area contributed by atoms with E-state index in [2.05, 4.69) is 31.2 Å². The summed E-state index contributed by atoms with van der Waals surface area (Å²) in [5, 5.41) is 0. The van der Waals surface area contributed by atoms with E-state index in [9.17, 15) is 4.39 Å². The highest BCUT2D eigenvalue weighted by Gasteiger charge is 2.18. The van der Waals surface area contributed by atoms with Crippen molar-refractivity contribution in [2.45, 2.75) is 52.4 Å². The van der Waals surface area contributed by atoms with Crippen LogP contribution in [0.3, 0.4) is 0 Å². The van der Waals surface area contributed by atoms with Gasteiger partial charge in [0.15, 0.2) is 0 Å². The SMILES string of the molecule is Cc1ccc(-c2ccc(CC[C]3CCC(C)CC3)cc2)c(F)c1. The van der Waals surface area contributed by atoms with E-state index in [-0.39, 0.29) is 5.82 Å². The number of aryl methyl sites for hydroxylation is 2. The number of halogens is 1. The van der Waals surface area contributed by atoms with Crippen LogP contribution in [0.2, 0.25) is 0 Å². The lowest BCUT2D eigenvalue weighted by Gasteiger charge is -2.25. The van der Waals surface area contributed by atoms with Crippen LogP contribution in [0, 0.1) is 24.6 Å². The Balaban J connectivity index is 1.61. The highest BCUT2D eigenvalue weighted by molar-refractivity contribution is 5.64. The van der Waals surface area contributed by atoms with E-state index in [1.165, 1.54) is 37.7 Å². The summed E-state index contributed by atoms with van der Waals surface area (Å²) in [6.07, 6.45) is 7.68. The van der Waals surface area contributed by atoms with Crippen molar-refractivity contribution in [3.63, 3.8) is 0 Å². The maximum absolute atomic E-state index is 14.1. The second kappa shape index (κ2) is 7.29. The number of benzene rings is 2. The fraction of sp³-hybridized carbons (Fsp3) is 0.409. The van der Waals surface area contributed by atoms with E-state index in [1.54, 1.807) is 12.0 Å². The predicted molar refractivity (Wildman–Crippen MR) is 95.8 cm³/mol. The third-order valence-corrected chi connectivity index (χ3v) is 5.14. The Morgan fingerprint density at radius 2 is 1.65 bits per heavy atom. The molecule has 2 aromatic carbocycles. The molecule has 0 nitrogen and oxygen atoms in total. The molecule has 121 valence electrons. The lowest BCUT2D eigenvalue weighted by atomic mass is 9.80. The molecule has 1 heteroatoms. The molecule has 0 heterocycles. The highest BCUT2D eigenvalue weighted by atomic mass is 19.1. The van der Waals surface area contributed by atoms with Crippen molar-refractivity contribution < 1.29 is 4.39 Å². The Hall–Kier alpha value is -1.63. The van der Waals surface area contributed by atoms with E-state index in [4.69, 9.17) is 0 Å². The minimum absolute atomic E-state index is 0.135. The largest absolute Gasteiger partial charge is 0.206 e. The normalized spacial score (nSPS) is 16.7. The molecule has 0 amide bonds. The van der Waals surface area contributed by atoms with Crippen molar-refractivity contribution in [3.8, 4) is 11.1 Å². The van der Waals surface area contributed by atoms with Crippen molar-refractivity contribution >= 4 is 0 Å². The second-order valence-corrected chi connectivity index (χ2v) is 7.11. The highest BCUT2D eigenvalue weighted by Crippen LogP contribution is 2.33. The third-order valence-electron chi connectivity index (χ3n) is 5.14. The molecular formula is C22H26F. The van der Waals surface area contributed by atoms with Crippen LogP contribution in [0.1, 0.15) is 50.2 Å². The van der Waals surface area contributed by atoms with Crippen LogP contribution in [0.15, 0.2) is 42.5 Å². The molecule has 0 bridgehead atoms. The standard InChI is InChI=1S/C22H26F/c1-16-3-6-18(7-4-16)8-9-19-10-12-20(13-11-19)21-14-5-17(2)15-22(21)23/h5,10-16H,3-4,6-9H2,1-2H3. The summed E-state index contributed by atoms with van der Waals surface area (Å²) in [5.41, 5.74) is 3.97. The van der Waals surface area contributed by atoms with Gasteiger partial charge in [0.2, 0.25) is 0 Å². The van der Waals surface area contributed by atoms with E-state index in [0.29, 0.717) is 5.56 Å². The van der Waals surface area contributed by atoms with Crippen molar-refractivity contribution in [3.05, 3.63) is 65.3 Å². The van der Waals surface area contributed by atoms with Crippen LogP contribution in [-0.2, 0) is 6.42 Å². The van der Waals surface area contributed by atoms with E-state index in [1.807, 2.05) is 19.1 Å². The first-order valence-corrected chi connectivity index (χ1v) is 8.81. The van der Waals surface area contributed by atoms with Gasteiger partial charge in [0, 0.05) is 5.56 Å². The summed E-state index contributed by atoms with van der Waals surface area (Å²) in [6, 6.07) is 13.9. The molecule has 1 saturated carbocycles. The van der Waals surface area contributed by atoms with Crippen LogP contribution in [0.25, 0.3) is 11.1 Å². The molecule has 1 radical (unpaired) electrons. The first-order chi connectivity index (χ1) is 11.1. The summed E-state index contributed by atoms with van der Waals surface area (Å²) in [4.78, 5) is 0. The van der Waals surface area contributed by atoms with Crippen LogP contribution < -0.4 is 0 Å². The lowest BCUT2D eigenvalue weighted by molar-refractivity contribution is 0.394. The Morgan fingerprint density at radius 3 is 2.30 bits per heavy atom. The summed E-state index contributed by atoms with van der Waals surface area (Å²) >= 11 is 0. The smallest absolute Gasteiger partial charge is 0.131 e. The Morgan fingerprint density at radius 1 is 0.957 bits per heavy atom. The summed E-state index contributed by atoms with van der Waals surface area (Å²) in [5.74, 6) is 2.50. The van der Waals surface area contributed by atoms with Crippen LogP contribution in [0.5, 0.6) is 0 Å². The maximum Gasteiger partial charge on any atom is 0.131 e. The van der Waals surface area contributed by atoms with Crippen molar-refractivity contribution in [1.82, 2.24) is 0 Å². The van der Waals surface area contributed by atoms with Crippen molar-refractivity contribution in [2.75, 3.05) is 0 Å². The molecule has 0 aliphatic heterocycles. The predicted octanol–water partition coefficient (Wildman–Crippen LogP) is 6.52. The van der Waals surface area contributed by atoms with Gasteiger partial charge in [-0.05, 0) is 67.2 Å². The third kappa shape index (κ3) is 4.22. The quantitative estimate of drug-likeness (QED) is 0.603. The average Bonchev–Trinajstić information content (AvgIpc) is 2.55. The maximum atomic E-state index is 14.1. The fourth-order valence-corrected chi connectivity index (χ4v) is 3.45. The lowest BCUT2D eigenvalue weighted by Crippen LogP contribution is -2.11. The zero-order valence-electron chi connectivity index (χ0n) is 14.2. The van der Waals surface area contributed by atoms with Gasteiger partial charge in [-0.3, -0.25) is 0 Å². The molecule has 0 saturated heterocycles. The number of hydrogen-bond donors (Lipinski definition) is 0. The van der Waals surface area contributed by atoms with Crippen molar-refractivity contribution in [1.29, 1.82) is 0 Å². The molecule has 0 spiro atoms. The minimum atomic E-state index is -0.135.